The molecule has 1 aliphatic rings. The van der Waals surface area contributed by atoms with E-state index in [-0.39, 0.29) is 6.04 Å². The third-order valence-electron chi connectivity index (χ3n) is 4.47. The lowest BCUT2D eigenvalue weighted by Gasteiger charge is -2.21. The van der Waals surface area contributed by atoms with Gasteiger partial charge < -0.3 is 19.9 Å². The van der Waals surface area contributed by atoms with E-state index in [4.69, 9.17) is 9.47 Å². The summed E-state index contributed by atoms with van der Waals surface area (Å²) >= 11 is 0. The molecular weight excluding hydrogens is 302 g/mol. The van der Waals surface area contributed by atoms with Crippen molar-refractivity contribution in [3.8, 4) is 11.5 Å². The van der Waals surface area contributed by atoms with Gasteiger partial charge in [-0.15, -0.1) is 0 Å². The molecule has 0 aliphatic carbocycles. The van der Waals surface area contributed by atoms with Crippen LogP contribution < -0.4 is 14.8 Å². The molecule has 1 aliphatic heterocycles. The fourth-order valence-corrected chi connectivity index (χ4v) is 3.13. The fraction of sp³-hybridized carbons (Fsp3) is 0.400. The van der Waals surface area contributed by atoms with Gasteiger partial charge in [0.1, 0.15) is 11.5 Å². The lowest BCUT2D eigenvalue weighted by molar-refractivity contribution is 0.168. The number of hydrogen-bond donors (Lipinski definition) is 2. The summed E-state index contributed by atoms with van der Waals surface area (Å²) in [6, 6.07) is 14.1. The average molecular weight is 327 g/mol. The SMILES string of the molecule is COc1cccc(C(O)CNC2CCCOc3ccc(C)cc32)c1. The minimum atomic E-state index is -0.572. The van der Waals surface area contributed by atoms with Gasteiger partial charge in [-0.2, -0.15) is 0 Å². The number of aliphatic hydroxyl groups is 1. The maximum absolute atomic E-state index is 10.5. The van der Waals surface area contributed by atoms with Crippen molar-refractivity contribution in [2.45, 2.75) is 31.9 Å². The fourth-order valence-electron chi connectivity index (χ4n) is 3.13. The van der Waals surface area contributed by atoms with Crippen molar-refractivity contribution < 1.29 is 14.6 Å². The van der Waals surface area contributed by atoms with Crippen molar-refractivity contribution in [1.29, 1.82) is 0 Å². The Hall–Kier alpha value is -2.04. The van der Waals surface area contributed by atoms with Gasteiger partial charge in [0.2, 0.25) is 0 Å². The molecule has 4 nitrogen and oxygen atoms in total. The highest BCUT2D eigenvalue weighted by Gasteiger charge is 2.20. The summed E-state index contributed by atoms with van der Waals surface area (Å²) in [7, 11) is 1.63. The molecule has 3 rings (SSSR count). The molecule has 2 atom stereocenters. The smallest absolute Gasteiger partial charge is 0.124 e. The molecule has 0 radical (unpaired) electrons. The van der Waals surface area contributed by atoms with Gasteiger partial charge in [0.25, 0.3) is 0 Å². The second kappa shape index (κ2) is 7.69. The van der Waals surface area contributed by atoms with Gasteiger partial charge in [-0.25, -0.2) is 0 Å². The predicted octanol–water partition coefficient (Wildman–Crippen LogP) is 3.54. The van der Waals surface area contributed by atoms with Crippen molar-refractivity contribution in [1.82, 2.24) is 5.32 Å². The van der Waals surface area contributed by atoms with Crippen LogP contribution in [0.5, 0.6) is 11.5 Å². The first-order valence-electron chi connectivity index (χ1n) is 8.46. The molecule has 0 amide bonds. The second-order valence-corrected chi connectivity index (χ2v) is 6.29. The van der Waals surface area contributed by atoms with Crippen LogP contribution in [0.2, 0.25) is 0 Å². The maximum Gasteiger partial charge on any atom is 0.124 e. The molecule has 4 heteroatoms. The Kier molecular flexibility index (Phi) is 5.38. The number of methoxy groups -OCH3 is 1. The first kappa shape index (κ1) is 16.8. The molecule has 0 bridgehead atoms. The van der Waals surface area contributed by atoms with Crippen LogP contribution in [-0.2, 0) is 0 Å². The van der Waals surface area contributed by atoms with Gasteiger partial charge in [-0.05, 0) is 43.5 Å². The molecule has 2 N–H and O–H groups in total. The van der Waals surface area contributed by atoms with E-state index in [1.165, 1.54) is 11.1 Å². The van der Waals surface area contributed by atoms with Crippen LogP contribution in [0, 0.1) is 6.92 Å². The molecule has 0 spiro atoms. The zero-order chi connectivity index (χ0) is 16.9. The Balaban J connectivity index is 1.71. The molecule has 2 aromatic rings. The zero-order valence-electron chi connectivity index (χ0n) is 14.3. The minimum Gasteiger partial charge on any atom is -0.497 e. The second-order valence-electron chi connectivity index (χ2n) is 6.29. The Labute approximate surface area is 143 Å². The molecule has 0 saturated heterocycles. The highest BCUT2D eigenvalue weighted by molar-refractivity contribution is 5.40. The first-order chi connectivity index (χ1) is 11.7. The van der Waals surface area contributed by atoms with E-state index in [0.717, 1.165) is 36.5 Å². The summed E-state index contributed by atoms with van der Waals surface area (Å²) in [4.78, 5) is 0. The van der Waals surface area contributed by atoms with Gasteiger partial charge in [0, 0.05) is 18.2 Å². The first-order valence-corrected chi connectivity index (χ1v) is 8.46. The number of rotatable bonds is 5. The van der Waals surface area contributed by atoms with Gasteiger partial charge in [0.15, 0.2) is 0 Å². The molecule has 128 valence electrons. The summed E-state index contributed by atoms with van der Waals surface area (Å²) in [5.41, 5.74) is 3.26. The number of ether oxygens (including phenoxy) is 2. The topological polar surface area (TPSA) is 50.7 Å². The van der Waals surface area contributed by atoms with Crippen LogP contribution in [0.1, 0.15) is 41.7 Å². The summed E-state index contributed by atoms with van der Waals surface area (Å²) in [6.45, 7) is 3.32. The van der Waals surface area contributed by atoms with Crippen LogP contribution in [0.15, 0.2) is 42.5 Å². The number of fused-ring (bicyclic) bond motifs is 1. The maximum atomic E-state index is 10.5. The van der Waals surface area contributed by atoms with Crippen LogP contribution in [0.4, 0.5) is 0 Å². The predicted molar refractivity (Wildman–Crippen MR) is 94.6 cm³/mol. The van der Waals surface area contributed by atoms with Crippen LogP contribution in [-0.4, -0.2) is 25.4 Å². The van der Waals surface area contributed by atoms with Crippen LogP contribution >= 0.6 is 0 Å². The van der Waals surface area contributed by atoms with E-state index >= 15 is 0 Å². The lowest BCUT2D eigenvalue weighted by Crippen LogP contribution is -2.26. The average Bonchev–Trinajstić information content (AvgIpc) is 2.81. The third kappa shape index (κ3) is 3.89. The summed E-state index contributed by atoms with van der Waals surface area (Å²) < 4.78 is 11.1. The molecule has 0 fully saturated rings. The number of benzene rings is 2. The number of aryl methyl sites for hydroxylation is 1. The number of nitrogens with one attached hydrogen (secondary N) is 1. The van der Waals surface area contributed by atoms with E-state index in [0.29, 0.717) is 6.54 Å². The number of hydrogen-bond acceptors (Lipinski definition) is 4. The molecular formula is C20H25NO3. The van der Waals surface area contributed by atoms with Crippen LogP contribution in [0.25, 0.3) is 0 Å². The Morgan fingerprint density at radius 1 is 1.29 bits per heavy atom. The summed E-state index contributed by atoms with van der Waals surface area (Å²) in [5.74, 6) is 1.71. The van der Waals surface area contributed by atoms with E-state index in [2.05, 4.69) is 24.4 Å². The van der Waals surface area contributed by atoms with Gasteiger partial charge in [-0.1, -0.05) is 29.8 Å². The Morgan fingerprint density at radius 3 is 3.00 bits per heavy atom. The highest BCUT2D eigenvalue weighted by Crippen LogP contribution is 2.32. The Bertz CT molecular complexity index is 686. The standard InChI is InChI=1S/C20H25NO3/c1-14-8-9-20-17(11-14)18(7-4-10-24-20)21-13-19(22)15-5-3-6-16(12-15)23-2/h3,5-6,8-9,11-12,18-19,21-22H,4,7,10,13H2,1-2H3. The Morgan fingerprint density at radius 2 is 2.17 bits per heavy atom. The molecule has 24 heavy (non-hydrogen) atoms. The summed E-state index contributed by atoms with van der Waals surface area (Å²) in [6.07, 6.45) is 1.43. The third-order valence-corrected chi connectivity index (χ3v) is 4.47. The van der Waals surface area contributed by atoms with Gasteiger partial charge >= 0.3 is 0 Å². The molecule has 0 aromatic heterocycles. The molecule has 2 unspecified atom stereocenters. The highest BCUT2D eigenvalue weighted by atomic mass is 16.5. The molecule has 2 aromatic carbocycles. The van der Waals surface area contributed by atoms with Crippen molar-refractivity contribution in [3.63, 3.8) is 0 Å². The van der Waals surface area contributed by atoms with Gasteiger partial charge in [-0.3, -0.25) is 0 Å². The summed E-state index contributed by atoms with van der Waals surface area (Å²) in [5, 5.41) is 14.0. The monoisotopic (exact) mass is 327 g/mol. The molecule has 0 saturated carbocycles. The molecule has 1 heterocycles. The van der Waals surface area contributed by atoms with E-state index < -0.39 is 6.10 Å². The quantitative estimate of drug-likeness (QED) is 0.882. The van der Waals surface area contributed by atoms with Crippen molar-refractivity contribution >= 4 is 0 Å². The minimum absolute atomic E-state index is 0.197. The number of aliphatic hydroxyl groups excluding tert-OH is 1. The largest absolute Gasteiger partial charge is 0.497 e. The van der Waals surface area contributed by atoms with Crippen LogP contribution in [0.3, 0.4) is 0 Å². The van der Waals surface area contributed by atoms with Crippen molar-refractivity contribution in [3.05, 3.63) is 59.2 Å². The zero-order valence-corrected chi connectivity index (χ0v) is 14.3. The van der Waals surface area contributed by atoms with E-state index in [1.54, 1.807) is 7.11 Å². The van der Waals surface area contributed by atoms with E-state index in [1.807, 2.05) is 30.3 Å². The van der Waals surface area contributed by atoms with E-state index in [9.17, 15) is 5.11 Å². The lowest BCUT2D eigenvalue weighted by atomic mass is 9.99. The van der Waals surface area contributed by atoms with Gasteiger partial charge in [0.05, 0.1) is 19.8 Å². The normalized spacial score (nSPS) is 18.2. The van der Waals surface area contributed by atoms with Crippen molar-refractivity contribution in [2.24, 2.45) is 0 Å². The van der Waals surface area contributed by atoms with Crippen molar-refractivity contribution in [2.75, 3.05) is 20.3 Å².